The van der Waals surface area contributed by atoms with Gasteiger partial charge in [0.1, 0.15) is 0 Å². The monoisotopic (exact) mass is 280 g/mol. The molecule has 1 aliphatic rings. The molecule has 2 aromatic rings. The van der Waals surface area contributed by atoms with E-state index in [1.165, 1.54) is 4.90 Å². The van der Waals surface area contributed by atoms with Crippen molar-refractivity contribution in [2.45, 2.75) is 17.7 Å². The third kappa shape index (κ3) is 3.11. The first-order chi connectivity index (χ1) is 9.93. The first-order valence-corrected chi connectivity index (χ1v) is 7.55. The highest BCUT2D eigenvalue weighted by molar-refractivity contribution is 8.00. The molecule has 0 unspecified atom stereocenters. The van der Waals surface area contributed by atoms with Crippen LogP contribution in [0.5, 0.6) is 0 Å². The minimum atomic E-state index is 1.04. The van der Waals surface area contributed by atoms with Crippen molar-refractivity contribution in [1.82, 2.24) is 0 Å². The summed E-state index contributed by atoms with van der Waals surface area (Å²) in [6, 6.07) is 18.6. The lowest BCUT2D eigenvalue weighted by molar-refractivity contribution is 1.09. The van der Waals surface area contributed by atoms with E-state index in [-0.39, 0.29) is 0 Å². The molecule has 0 amide bonds. The fourth-order valence-corrected chi connectivity index (χ4v) is 2.79. The summed E-state index contributed by atoms with van der Waals surface area (Å²) in [5, 5.41) is 0. The second-order valence-corrected chi connectivity index (χ2v) is 5.42. The zero-order chi connectivity index (χ0) is 13.6. The Morgan fingerprint density at radius 1 is 0.900 bits per heavy atom. The van der Waals surface area contributed by atoms with Gasteiger partial charge in [-0.15, -0.1) is 0 Å². The van der Waals surface area contributed by atoms with E-state index in [0.717, 1.165) is 29.8 Å². The third-order valence-corrected chi connectivity index (χ3v) is 3.92. The van der Waals surface area contributed by atoms with Crippen molar-refractivity contribution in [1.29, 1.82) is 0 Å². The third-order valence-electron chi connectivity index (χ3n) is 3.09. The molecule has 1 heterocycles. The van der Waals surface area contributed by atoms with Gasteiger partial charge in [-0.3, -0.25) is 4.99 Å². The van der Waals surface area contributed by atoms with Crippen LogP contribution in [0, 0.1) is 0 Å². The minimum Gasteiger partial charge on any atom is -0.325 e. The van der Waals surface area contributed by atoms with E-state index in [1.54, 1.807) is 11.9 Å². The fraction of sp³-hybridized carbons (Fsp3) is 0.118. The number of benzene rings is 2. The fourth-order valence-electron chi connectivity index (χ4n) is 2.09. The Hall–Kier alpha value is -2.00. The summed E-state index contributed by atoms with van der Waals surface area (Å²) in [4.78, 5) is 5.70. The van der Waals surface area contributed by atoms with Crippen LogP contribution >= 0.6 is 11.9 Å². The molecule has 1 N–H and O–H groups in total. The average molecular weight is 280 g/mol. The molecule has 0 radical (unpaired) electrons. The van der Waals surface area contributed by atoms with E-state index in [0.29, 0.717) is 0 Å². The molecule has 0 saturated carbocycles. The summed E-state index contributed by atoms with van der Waals surface area (Å²) < 4.78 is 3.43. The Kier molecular flexibility index (Phi) is 4.19. The van der Waals surface area contributed by atoms with Gasteiger partial charge in [-0.05, 0) is 43.0 Å². The first kappa shape index (κ1) is 13.0. The number of hydrogen-bond acceptors (Lipinski definition) is 3. The van der Waals surface area contributed by atoms with E-state index < -0.39 is 0 Å². The zero-order valence-corrected chi connectivity index (χ0v) is 11.9. The molecule has 100 valence electrons. The van der Waals surface area contributed by atoms with Crippen molar-refractivity contribution in [3.8, 4) is 0 Å². The highest BCUT2D eigenvalue weighted by Crippen LogP contribution is 2.30. The quantitative estimate of drug-likeness (QED) is 0.796. The van der Waals surface area contributed by atoms with Crippen LogP contribution in [0.2, 0.25) is 0 Å². The number of nitrogens with zero attached hydrogens (tertiary/aromatic N) is 1. The number of rotatable bonds is 4. The maximum Gasteiger partial charge on any atom is 0.0679 e. The molecular formula is C17H16N2S. The molecular weight excluding hydrogens is 264 g/mol. The van der Waals surface area contributed by atoms with Crippen LogP contribution in [-0.4, -0.2) is 6.21 Å². The predicted octanol–water partition coefficient (Wildman–Crippen LogP) is 5.01. The molecule has 0 atom stereocenters. The first-order valence-electron chi connectivity index (χ1n) is 6.73. The van der Waals surface area contributed by atoms with Crippen molar-refractivity contribution in [2.75, 3.05) is 4.72 Å². The van der Waals surface area contributed by atoms with Gasteiger partial charge < -0.3 is 4.72 Å². The van der Waals surface area contributed by atoms with E-state index in [9.17, 15) is 0 Å². The van der Waals surface area contributed by atoms with Crippen molar-refractivity contribution >= 4 is 29.5 Å². The van der Waals surface area contributed by atoms with Crippen LogP contribution in [0.15, 0.2) is 70.6 Å². The van der Waals surface area contributed by atoms with Crippen molar-refractivity contribution in [2.24, 2.45) is 4.99 Å². The molecule has 0 saturated heterocycles. The summed E-state index contributed by atoms with van der Waals surface area (Å²) in [5.74, 6) is 0. The minimum absolute atomic E-state index is 1.04. The second-order valence-electron chi connectivity index (χ2n) is 4.54. The lowest BCUT2D eigenvalue weighted by Crippen LogP contribution is -1.95. The molecule has 1 aliphatic heterocycles. The number of hydrogen-bond donors (Lipinski definition) is 1. The van der Waals surface area contributed by atoms with Gasteiger partial charge >= 0.3 is 0 Å². The molecule has 0 fully saturated rings. The zero-order valence-electron chi connectivity index (χ0n) is 11.1. The number of allylic oxidation sites excluding steroid dienone is 1. The van der Waals surface area contributed by atoms with Gasteiger partial charge in [0, 0.05) is 16.7 Å². The van der Waals surface area contributed by atoms with Gasteiger partial charge in [0.2, 0.25) is 0 Å². The van der Waals surface area contributed by atoms with Gasteiger partial charge in [0.25, 0.3) is 0 Å². The SMILES string of the molecule is C1=NC(c2ccccc2NSc2ccccc2)=CCC1. The molecule has 20 heavy (non-hydrogen) atoms. The largest absolute Gasteiger partial charge is 0.325 e. The Balaban J connectivity index is 1.80. The average Bonchev–Trinajstić information content (AvgIpc) is 2.55. The number of anilines is 1. The maximum atomic E-state index is 4.50. The van der Waals surface area contributed by atoms with Crippen LogP contribution in [0.4, 0.5) is 5.69 Å². The van der Waals surface area contributed by atoms with Crippen LogP contribution < -0.4 is 4.72 Å². The molecule has 2 aromatic carbocycles. The molecule has 2 nitrogen and oxygen atoms in total. The van der Waals surface area contributed by atoms with Crippen molar-refractivity contribution < 1.29 is 0 Å². The van der Waals surface area contributed by atoms with Gasteiger partial charge in [-0.25, -0.2) is 0 Å². The van der Waals surface area contributed by atoms with Crippen LogP contribution in [-0.2, 0) is 0 Å². The number of nitrogens with one attached hydrogen (secondary N) is 1. The Morgan fingerprint density at radius 3 is 2.50 bits per heavy atom. The molecule has 0 aromatic heterocycles. The lowest BCUT2D eigenvalue weighted by atomic mass is 10.1. The van der Waals surface area contributed by atoms with Crippen LogP contribution in [0.1, 0.15) is 18.4 Å². The molecule has 3 rings (SSSR count). The topological polar surface area (TPSA) is 24.4 Å². The number of aliphatic imine (C=N–C) groups is 1. The van der Waals surface area contributed by atoms with E-state index in [2.05, 4.69) is 46.1 Å². The van der Waals surface area contributed by atoms with Crippen molar-refractivity contribution in [3.63, 3.8) is 0 Å². The van der Waals surface area contributed by atoms with Gasteiger partial charge in [0.05, 0.1) is 11.4 Å². The summed E-state index contributed by atoms with van der Waals surface area (Å²) in [6.07, 6.45) is 6.31. The molecule has 0 spiro atoms. The highest BCUT2D eigenvalue weighted by atomic mass is 32.2. The van der Waals surface area contributed by atoms with Crippen LogP contribution in [0.25, 0.3) is 5.70 Å². The molecule has 0 bridgehead atoms. The summed E-state index contributed by atoms with van der Waals surface area (Å²) in [5.41, 5.74) is 3.33. The molecule has 0 aliphatic carbocycles. The molecule has 3 heteroatoms. The summed E-state index contributed by atoms with van der Waals surface area (Å²) in [7, 11) is 0. The Bertz CT molecular complexity index is 632. The predicted molar refractivity (Wildman–Crippen MR) is 88.1 cm³/mol. The second kappa shape index (κ2) is 6.44. The lowest BCUT2D eigenvalue weighted by Gasteiger charge is -2.13. The highest BCUT2D eigenvalue weighted by Gasteiger charge is 2.08. The van der Waals surface area contributed by atoms with E-state index in [4.69, 9.17) is 0 Å². The maximum absolute atomic E-state index is 4.50. The smallest absolute Gasteiger partial charge is 0.0679 e. The summed E-state index contributed by atoms with van der Waals surface area (Å²) in [6.45, 7) is 0. The van der Waals surface area contributed by atoms with E-state index >= 15 is 0 Å². The van der Waals surface area contributed by atoms with Gasteiger partial charge in [0.15, 0.2) is 0 Å². The Morgan fingerprint density at radius 2 is 1.70 bits per heavy atom. The van der Waals surface area contributed by atoms with Gasteiger partial charge in [-0.2, -0.15) is 0 Å². The Labute approximate surface area is 123 Å². The van der Waals surface area contributed by atoms with E-state index in [1.807, 2.05) is 30.5 Å². The summed E-state index contributed by atoms with van der Waals surface area (Å²) >= 11 is 1.62. The number of para-hydroxylation sites is 1. The van der Waals surface area contributed by atoms with Crippen LogP contribution in [0.3, 0.4) is 0 Å². The van der Waals surface area contributed by atoms with Crippen molar-refractivity contribution in [3.05, 3.63) is 66.2 Å². The normalized spacial score (nSPS) is 13.9. The van der Waals surface area contributed by atoms with Gasteiger partial charge in [-0.1, -0.05) is 42.5 Å². The standard InChI is InChI=1S/C17H16N2S/c1-2-8-14(9-3-1)20-19-17-12-5-4-10-15(17)16-11-6-7-13-18-16/h1-5,8-13,19H,6-7H2.